The van der Waals surface area contributed by atoms with Crippen molar-refractivity contribution < 1.29 is 71.8 Å². The van der Waals surface area contributed by atoms with Gasteiger partial charge in [0.2, 0.25) is 17.7 Å². The molecule has 422 valence electrons. The summed E-state index contributed by atoms with van der Waals surface area (Å²) < 4.78 is 47.2. The SMILES string of the molecule is CC[C@H]1OC(OCCOCCOCCCC(=O)c2cc(NC(=O)CCCCCCCCCCC(=O)O)cc(C(=O)NCCOCCOCCOC3O[C@H](CC)[C@H](C)[C@H](C)[C@H]3NC(C)=O)c2)[C@H](NC(C)=O)[C@@H](C)[C@H]1C. The molecular formula is C55H92N4O15. The second-order valence-corrected chi connectivity index (χ2v) is 19.8. The molecule has 2 aliphatic heterocycles. The first-order chi connectivity index (χ1) is 35.6. The molecule has 2 saturated heterocycles. The number of ketones is 1. The lowest BCUT2D eigenvalue weighted by Gasteiger charge is -2.44. The van der Waals surface area contributed by atoms with E-state index in [-0.39, 0.29) is 123 Å². The molecule has 0 aromatic heterocycles. The second kappa shape index (κ2) is 36.8. The topological polar surface area (TPSA) is 245 Å². The van der Waals surface area contributed by atoms with Crippen LogP contribution in [0.25, 0.3) is 0 Å². The largest absolute Gasteiger partial charge is 0.481 e. The van der Waals surface area contributed by atoms with Crippen LogP contribution in [0.4, 0.5) is 5.69 Å². The number of carboxylic acids is 1. The van der Waals surface area contributed by atoms with Crippen LogP contribution >= 0.6 is 0 Å². The van der Waals surface area contributed by atoms with Gasteiger partial charge in [0.05, 0.1) is 83.8 Å². The third-order valence-electron chi connectivity index (χ3n) is 14.0. The Morgan fingerprint density at radius 1 is 0.527 bits per heavy atom. The van der Waals surface area contributed by atoms with Crippen LogP contribution < -0.4 is 21.3 Å². The molecule has 10 atom stereocenters. The Labute approximate surface area is 440 Å². The van der Waals surface area contributed by atoms with Crippen molar-refractivity contribution in [1.82, 2.24) is 16.0 Å². The highest BCUT2D eigenvalue weighted by Crippen LogP contribution is 2.34. The third kappa shape index (κ3) is 24.7. The zero-order valence-corrected chi connectivity index (χ0v) is 45.8. The number of hydrogen-bond donors (Lipinski definition) is 5. The molecule has 19 nitrogen and oxygen atoms in total. The lowest BCUT2D eigenvalue weighted by atomic mass is 9.81. The van der Waals surface area contributed by atoms with Crippen molar-refractivity contribution in [3.63, 3.8) is 0 Å². The van der Waals surface area contributed by atoms with Crippen LogP contribution in [0.3, 0.4) is 0 Å². The van der Waals surface area contributed by atoms with Crippen LogP contribution in [0.15, 0.2) is 18.2 Å². The summed E-state index contributed by atoms with van der Waals surface area (Å²) in [4.78, 5) is 74.4. The minimum atomic E-state index is -0.763. The molecule has 19 heteroatoms. The zero-order chi connectivity index (χ0) is 54.3. The molecule has 0 aliphatic carbocycles. The summed E-state index contributed by atoms with van der Waals surface area (Å²) in [5.41, 5.74) is 0.873. The maximum Gasteiger partial charge on any atom is 0.303 e. The van der Waals surface area contributed by atoms with Crippen molar-refractivity contribution in [2.45, 2.75) is 182 Å². The lowest BCUT2D eigenvalue weighted by Crippen LogP contribution is -2.57. The quantitative estimate of drug-likeness (QED) is 0.0323. The van der Waals surface area contributed by atoms with Gasteiger partial charge < -0.3 is 64.3 Å². The van der Waals surface area contributed by atoms with Crippen LogP contribution in [-0.2, 0) is 57.1 Å². The predicted octanol–water partition coefficient (Wildman–Crippen LogP) is 7.23. The first-order valence-electron chi connectivity index (χ1n) is 27.4. The average molecular weight is 1050 g/mol. The maximum absolute atomic E-state index is 13.5. The van der Waals surface area contributed by atoms with Crippen LogP contribution in [-0.4, -0.2) is 150 Å². The maximum atomic E-state index is 13.5. The number of ether oxygens (including phenoxy) is 8. The lowest BCUT2D eigenvalue weighted by molar-refractivity contribution is -0.239. The molecule has 2 aliphatic rings. The molecule has 1 aromatic carbocycles. The third-order valence-corrected chi connectivity index (χ3v) is 14.0. The number of rotatable bonds is 39. The normalized spacial score (nSPS) is 23.7. The Hall–Kier alpha value is -4.08. The number of hydrogen-bond acceptors (Lipinski definition) is 14. The molecule has 5 N–H and O–H groups in total. The van der Waals surface area contributed by atoms with E-state index in [1.54, 1.807) is 12.1 Å². The Bertz CT molecular complexity index is 1720. The van der Waals surface area contributed by atoms with E-state index in [4.69, 9.17) is 43.0 Å². The molecule has 2 heterocycles. The Kier molecular flexibility index (Phi) is 32.0. The smallest absolute Gasteiger partial charge is 0.303 e. The number of Topliss-reactive ketones (excluding diaryl/α,β-unsaturated/α-hetero) is 1. The minimum Gasteiger partial charge on any atom is -0.481 e. The standard InChI is InChI=1S/C55H92N4O15/c1-9-47-37(3)39(5)51(57-41(7)60)54(73-47)71-32-30-69-28-26-67-24-19-20-46(62)43-34-44(36-45(35-43)59-49(63)21-17-15-13-11-12-14-16-18-22-50(64)65)53(66)56-23-25-68-27-29-70-31-33-72-55-52(58-42(8)61)40(6)38(4)48(10-2)74-55/h34-40,47-48,51-52,54-55H,9-33H2,1-8H3,(H,56,66)(H,57,60)(H,58,61)(H,59,63)(H,64,65)/t37-,38-,39+,40+,47-,48-,51-,52-,54?,55?/m1/s1. The molecule has 0 saturated carbocycles. The number of aliphatic carboxylic acids is 1. The second-order valence-electron chi connectivity index (χ2n) is 19.8. The fourth-order valence-electron chi connectivity index (χ4n) is 9.42. The van der Waals surface area contributed by atoms with Crippen LogP contribution in [0.2, 0.25) is 0 Å². The number of nitrogens with one attached hydrogen (secondary N) is 4. The van der Waals surface area contributed by atoms with Gasteiger partial charge >= 0.3 is 5.97 Å². The molecule has 74 heavy (non-hydrogen) atoms. The Balaban J connectivity index is 1.42. The van der Waals surface area contributed by atoms with E-state index in [0.29, 0.717) is 76.6 Å². The van der Waals surface area contributed by atoms with Crippen LogP contribution in [0.5, 0.6) is 0 Å². The van der Waals surface area contributed by atoms with E-state index in [1.807, 2.05) is 0 Å². The molecule has 2 fully saturated rings. The van der Waals surface area contributed by atoms with Crippen molar-refractivity contribution >= 4 is 41.1 Å². The minimum absolute atomic E-state index is 0.0361. The van der Waals surface area contributed by atoms with Gasteiger partial charge in [0.15, 0.2) is 18.4 Å². The molecule has 2 unspecified atom stereocenters. The van der Waals surface area contributed by atoms with E-state index in [1.165, 1.54) is 19.9 Å². The number of carbonyl (C=O) groups excluding carboxylic acids is 5. The summed E-state index contributed by atoms with van der Waals surface area (Å²) in [5.74, 6) is -0.964. The van der Waals surface area contributed by atoms with E-state index in [2.05, 4.69) is 62.8 Å². The summed E-state index contributed by atoms with van der Waals surface area (Å²) >= 11 is 0. The first kappa shape index (κ1) is 64.2. The number of unbranched alkanes of at least 4 members (excludes halogenated alkanes) is 7. The summed E-state index contributed by atoms with van der Waals surface area (Å²) in [6.45, 7) is 18.7. The number of anilines is 1. The predicted molar refractivity (Wildman–Crippen MR) is 280 cm³/mol. The zero-order valence-electron chi connectivity index (χ0n) is 45.8. The van der Waals surface area contributed by atoms with Crippen molar-refractivity contribution in [2.75, 3.05) is 77.9 Å². The van der Waals surface area contributed by atoms with Gasteiger partial charge in [0.1, 0.15) is 0 Å². The highest BCUT2D eigenvalue weighted by atomic mass is 16.7. The molecule has 0 radical (unpaired) electrons. The molecule has 3 rings (SSSR count). The summed E-state index contributed by atoms with van der Waals surface area (Å²) in [7, 11) is 0. The molecule has 0 bridgehead atoms. The van der Waals surface area contributed by atoms with Gasteiger partial charge in [-0.05, 0) is 74.0 Å². The number of carboxylic acid groups (broad SMARTS) is 1. The highest BCUT2D eigenvalue weighted by molar-refractivity contribution is 6.03. The van der Waals surface area contributed by atoms with Crippen LogP contribution in [0.1, 0.15) is 166 Å². The van der Waals surface area contributed by atoms with E-state index >= 15 is 0 Å². The van der Waals surface area contributed by atoms with Crippen molar-refractivity contribution in [3.05, 3.63) is 29.3 Å². The molecule has 4 amide bonds. The van der Waals surface area contributed by atoms with Crippen molar-refractivity contribution in [2.24, 2.45) is 23.7 Å². The van der Waals surface area contributed by atoms with Gasteiger partial charge in [-0.25, -0.2) is 0 Å². The van der Waals surface area contributed by atoms with E-state index in [9.17, 15) is 28.8 Å². The molecular weight excluding hydrogens is 957 g/mol. The summed E-state index contributed by atoms with van der Waals surface area (Å²) in [6, 6.07) is 4.17. The van der Waals surface area contributed by atoms with Gasteiger partial charge in [0, 0.05) is 63.1 Å². The monoisotopic (exact) mass is 1050 g/mol. The fourth-order valence-corrected chi connectivity index (χ4v) is 9.42. The Morgan fingerprint density at radius 3 is 1.46 bits per heavy atom. The highest BCUT2D eigenvalue weighted by Gasteiger charge is 2.43. The first-order valence-corrected chi connectivity index (χ1v) is 27.4. The van der Waals surface area contributed by atoms with Gasteiger partial charge in [-0.2, -0.15) is 0 Å². The number of benzene rings is 1. The van der Waals surface area contributed by atoms with Gasteiger partial charge in [-0.15, -0.1) is 0 Å². The molecule has 0 spiro atoms. The number of amides is 4. The summed E-state index contributed by atoms with van der Waals surface area (Å²) in [6.07, 6.45) is 8.91. The van der Waals surface area contributed by atoms with Crippen molar-refractivity contribution in [3.8, 4) is 0 Å². The van der Waals surface area contributed by atoms with E-state index < -0.39 is 24.5 Å². The van der Waals surface area contributed by atoms with Gasteiger partial charge in [0.25, 0.3) is 5.91 Å². The molecule has 1 aromatic rings. The van der Waals surface area contributed by atoms with Gasteiger partial charge in [-0.1, -0.05) is 80.1 Å². The fraction of sp³-hybridized carbons (Fsp3) is 0.782. The Morgan fingerprint density at radius 2 is 0.973 bits per heavy atom. The number of carbonyl (C=O) groups is 6. The van der Waals surface area contributed by atoms with Gasteiger partial charge in [-0.3, -0.25) is 28.8 Å². The van der Waals surface area contributed by atoms with Crippen LogP contribution in [0, 0.1) is 23.7 Å². The van der Waals surface area contributed by atoms with E-state index in [0.717, 1.165) is 51.4 Å². The average Bonchev–Trinajstić information content (AvgIpc) is 3.36. The van der Waals surface area contributed by atoms with Crippen molar-refractivity contribution in [1.29, 1.82) is 0 Å². The summed E-state index contributed by atoms with van der Waals surface area (Å²) in [5, 5.41) is 20.5.